The molecule has 0 bridgehead atoms. The van der Waals surface area contributed by atoms with Gasteiger partial charge in [-0.05, 0) is 24.2 Å². The van der Waals surface area contributed by atoms with Crippen molar-refractivity contribution in [2.24, 2.45) is 17.8 Å². The highest BCUT2D eigenvalue weighted by Crippen LogP contribution is 2.42. The first-order valence-corrected chi connectivity index (χ1v) is 4.96. The third kappa shape index (κ3) is 2.69. The van der Waals surface area contributed by atoms with Crippen molar-refractivity contribution in [2.45, 2.75) is 40.0 Å². The number of hydrogen-bond acceptors (Lipinski definition) is 0. The highest BCUT2D eigenvalue weighted by molar-refractivity contribution is 5.02. The third-order valence-corrected chi connectivity index (χ3v) is 2.83. The molecule has 11 heavy (non-hydrogen) atoms. The Morgan fingerprint density at radius 3 is 2.64 bits per heavy atom. The minimum Gasteiger partial charge on any atom is -0.0854 e. The van der Waals surface area contributed by atoms with E-state index in [1.165, 1.54) is 19.3 Å². The van der Waals surface area contributed by atoms with Crippen LogP contribution in [0.4, 0.5) is 0 Å². The van der Waals surface area contributed by atoms with Crippen molar-refractivity contribution in [3.63, 3.8) is 0 Å². The van der Waals surface area contributed by atoms with Crippen molar-refractivity contribution in [3.8, 4) is 0 Å². The van der Waals surface area contributed by atoms with Crippen molar-refractivity contribution < 1.29 is 0 Å². The van der Waals surface area contributed by atoms with E-state index in [4.69, 9.17) is 0 Å². The average molecular weight is 152 g/mol. The smallest absolute Gasteiger partial charge is 0.0202 e. The summed E-state index contributed by atoms with van der Waals surface area (Å²) in [5.74, 6) is 2.75. The summed E-state index contributed by atoms with van der Waals surface area (Å²) in [6.07, 6.45) is 8.92. The summed E-state index contributed by atoms with van der Waals surface area (Å²) < 4.78 is 0. The first-order chi connectivity index (χ1) is 5.27. The molecular weight excluding hydrogens is 132 g/mol. The van der Waals surface area contributed by atoms with Gasteiger partial charge in [0.05, 0.1) is 0 Å². The van der Waals surface area contributed by atoms with E-state index < -0.39 is 0 Å². The summed E-state index contributed by atoms with van der Waals surface area (Å²) in [5, 5.41) is 0. The lowest BCUT2D eigenvalue weighted by molar-refractivity contribution is 0.688. The minimum atomic E-state index is 0.785. The Kier molecular flexibility index (Phi) is 3.16. The van der Waals surface area contributed by atoms with Gasteiger partial charge in [0.2, 0.25) is 0 Å². The number of rotatable bonds is 4. The summed E-state index contributed by atoms with van der Waals surface area (Å²) in [4.78, 5) is 0. The molecule has 3 atom stereocenters. The lowest BCUT2D eigenvalue weighted by Crippen LogP contribution is -1.85. The largest absolute Gasteiger partial charge is 0.0854 e. The van der Waals surface area contributed by atoms with Crippen LogP contribution in [-0.4, -0.2) is 0 Å². The predicted octanol–water partition coefficient (Wildman–Crippen LogP) is 3.63. The zero-order chi connectivity index (χ0) is 8.27. The Morgan fingerprint density at radius 1 is 1.45 bits per heavy atom. The molecular formula is C11H20. The molecule has 0 heterocycles. The van der Waals surface area contributed by atoms with Gasteiger partial charge in [0.1, 0.15) is 0 Å². The summed E-state index contributed by atoms with van der Waals surface area (Å²) in [7, 11) is 0. The van der Waals surface area contributed by atoms with Crippen LogP contribution in [0.5, 0.6) is 0 Å². The standard InChI is InChI=1S/C11H20/c1-4-9(3)6-7-11-8-10(11)5-2/h6-7,9-11H,4-5,8H2,1-3H3. The third-order valence-electron chi connectivity index (χ3n) is 2.83. The Labute approximate surface area is 70.7 Å². The number of allylic oxidation sites excluding steroid dienone is 2. The zero-order valence-electron chi connectivity index (χ0n) is 8.01. The molecule has 1 saturated carbocycles. The van der Waals surface area contributed by atoms with E-state index in [1.807, 2.05) is 0 Å². The van der Waals surface area contributed by atoms with Crippen molar-refractivity contribution in [1.82, 2.24) is 0 Å². The Hall–Kier alpha value is -0.260. The van der Waals surface area contributed by atoms with Crippen LogP contribution >= 0.6 is 0 Å². The SMILES string of the molecule is CCC(C)C=CC1CC1CC. The highest BCUT2D eigenvalue weighted by Gasteiger charge is 2.32. The molecule has 64 valence electrons. The van der Waals surface area contributed by atoms with E-state index in [0.29, 0.717) is 0 Å². The molecule has 0 saturated heterocycles. The lowest BCUT2D eigenvalue weighted by Gasteiger charge is -1.98. The van der Waals surface area contributed by atoms with E-state index in [9.17, 15) is 0 Å². The van der Waals surface area contributed by atoms with Crippen molar-refractivity contribution in [2.75, 3.05) is 0 Å². The van der Waals surface area contributed by atoms with Gasteiger partial charge in [-0.2, -0.15) is 0 Å². The molecule has 3 unspecified atom stereocenters. The fourth-order valence-electron chi connectivity index (χ4n) is 1.44. The van der Waals surface area contributed by atoms with Gasteiger partial charge in [-0.25, -0.2) is 0 Å². The van der Waals surface area contributed by atoms with Gasteiger partial charge in [-0.3, -0.25) is 0 Å². The van der Waals surface area contributed by atoms with Gasteiger partial charge in [0, 0.05) is 0 Å². The highest BCUT2D eigenvalue weighted by atomic mass is 14.4. The van der Waals surface area contributed by atoms with Crippen LogP contribution in [0, 0.1) is 17.8 Å². The molecule has 0 spiro atoms. The van der Waals surface area contributed by atoms with Gasteiger partial charge in [-0.15, -0.1) is 0 Å². The fourth-order valence-corrected chi connectivity index (χ4v) is 1.44. The molecule has 0 aromatic heterocycles. The van der Waals surface area contributed by atoms with Crippen LogP contribution in [0.3, 0.4) is 0 Å². The van der Waals surface area contributed by atoms with Crippen LogP contribution in [0.1, 0.15) is 40.0 Å². The molecule has 1 fully saturated rings. The maximum atomic E-state index is 2.43. The summed E-state index contributed by atoms with van der Waals surface area (Å²) >= 11 is 0. The second-order valence-corrected chi connectivity index (χ2v) is 3.84. The molecule has 1 aliphatic carbocycles. The molecule has 0 radical (unpaired) electrons. The number of hydrogen-bond donors (Lipinski definition) is 0. The molecule has 0 heteroatoms. The molecule has 0 aromatic rings. The Morgan fingerprint density at radius 2 is 2.18 bits per heavy atom. The van der Waals surface area contributed by atoms with E-state index in [-0.39, 0.29) is 0 Å². The first-order valence-electron chi connectivity index (χ1n) is 4.96. The van der Waals surface area contributed by atoms with Gasteiger partial charge in [0.15, 0.2) is 0 Å². The Bertz CT molecular complexity index is 135. The second-order valence-electron chi connectivity index (χ2n) is 3.84. The fraction of sp³-hybridized carbons (Fsp3) is 0.818. The summed E-state index contributed by atoms with van der Waals surface area (Å²) in [5.41, 5.74) is 0. The van der Waals surface area contributed by atoms with E-state index >= 15 is 0 Å². The molecule has 1 aliphatic rings. The molecule has 0 aliphatic heterocycles. The van der Waals surface area contributed by atoms with Gasteiger partial charge in [-0.1, -0.05) is 45.8 Å². The predicted molar refractivity (Wildman–Crippen MR) is 50.5 cm³/mol. The molecule has 0 amide bonds. The average Bonchev–Trinajstić information content (AvgIpc) is 2.78. The van der Waals surface area contributed by atoms with Crippen LogP contribution < -0.4 is 0 Å². The normalized spacial score (nSPS) is 32.6. The molecule has 0 N–H and O–H groups in total. The van der Waals surface area contributed by atoms with Crippen LogP contribution in [0.25, 0.3) is 0 Å². The minimum absolute atomic E-state index is 0.785. The van der Waals surface area contributed by atoms with Crippen molar-refractivity contribution in [3.05, 3.63) is 12.2 Å². The van der Waals surface area contributed by atoms with E-state index in [2.05, 4.69) is 32.9 Å². The molecule has 0 aromatic carbocycles. The summed E-state index contributed by atoms with van der Waals surface area (Å²) in [6.45, 7) is 6.83. The lowest BCUT2D eigenvalue weighted by atomic mass is 10.1. The second kappa shape index (κ2) is 3.94. The van der Waals surface area contributed by atoms with Crippen molar-refractivity contribution >= 4 is 0 Å². The van der Waals surface area contributed by atoms with Crippen LogP contribution in [0.15, 0.2) is 12.2 Å². The zero-order valence-corrected chi connectivity index (χ0v) is 8.01. The first kappa shape index (κ1) is 8.83. The quantitative estimate of drug-likeness (QED) is 0.539. The molecule has 0 nitrogen and oxygen atoms in total. The van der Waals surface area contributed by atoms with Crippen LogP contribution in [0.2, 0.25) is 0 Å². The van der Waals surface area contributed by atoms with Crippen LogP contribution in [-0.2, 0) is 0 Å². The van der Waals surface area contributed by atoms with Gasteiger partial charge < -0.3 is 0 Å². The van der Waals surface area contributed by atoms with E-state index in [1.54, 1.807) is 0 Å². The van der Waals surface area contributed by atoms with Gasteiger partial charge >= 0.3 is 0 Å². The van der Waals surface area contributed by atoms with Crippen molar-refractivity contribution in [1.29, 1.82) is 0 Å². The van der Waals surface area contributed by atoms with Gasteiger partial charge in [0.25, 0.3) is 0 Å². The van der Waals surface area contributed by atoms with E-state index in [0.717, 1.165) is 17.8 Å². The topological polar surface area (TPSA) is 0 Å². The maximum absolute atomic E-state index is 2.43. The maximum Gasteiger partial charge on any atom is -0.0202 e. The summed E-state index contributed by atoms with van der Waals surface area (Å²) in [6, 6.07) is 0. The Balaban J connectivity index is 2.16. The molecule has 1 rings (SSSR count). The monoisotopic (exact) mass is 152 g/mol.